The van der Waals surface area contributed by atoms with Gasteiger partial charge < -0.3 is 15.7 Å². The zero-order valence-electron chi connectivity index (χ0n) is 15.7. The maximum absolute atomic E-state index is 12.5. The SMILES string of the molecule is C[C@@H](C(=O)Nc1cccc(Br)c1)N1CCC(C(=O)Nc2ccccc2O)CC1. The number of carbonyl (C=O) groups is 2. The number of piperidine rings is 1. The molecule has 0 radical (unpaired) electrons. The van der Waals surface area contributed by atoms with Crippen LogP contribution in [0.1, 0.15) is 19.8 Å². The van der Waals surface area contributed by atoms with Crippen molar-refractivity contribution in [3.63, 3.8) is 0 Å². The summed E-state index contributed by atoms with van der Waals surface area (Å²) < 4.78 is 0.911. The van der Waals surface area contributed by atoms with Crippen LogP contribution in [0.25, 0.3) is 0 Å². The van der Waals surface area contributed by atoms with Gasteiger partial charge in [0.25, 0.3) is 0 Å². The van der Waals surface area contributed by atoms with Crippen LogP contribution in [0.4, 0.5) is 11.4 Å². The molecule has 7 heteroatoms. The average molecular weight is 446 g/mol. The van der Waals surface area contributed by atoms with Crippen LogP contribution in [0.2, 0.25) is 0 Å². The summed E-state index contributed by atoms with van der Waals surface area (Å²) in [6.07, 6.45) is 1.35. The predicted octanol–water partition coefficient (Wildman–Crippen LogP) is 3.83. The third-order valence-electron chi connectivity index (χ3n) is 5.08. The van der Waals surface area contributed by atoms with Gasteiger partial charge in [0.15, 0.2) is 0 Å². The van der Waals surface area contributed by atoms with Crippen molar-refractivity contribution < 1.29 is 14.7 Å². The number of para-hydroxylation sites is 2. The molecule has 0 aromatic heterocycles. The molecule has 1 atom stereocenters. The smallest absolute Gasteiger partial charge is 0.241 e. The van der Waals surface area contributed by atoms with Gasteiger partial charge in [-0.15, -0.1) is 0 Å². The van der Waals surface area contributed by atoms with Gasteiger partial charge in [0.1, 0.15) is 5.75 Å². The Morgan fingerprint density at radius 3 is 2.50 bits per heavy atom. The molecule has 0 aliphatic carbocycles. The molecule has 1 saturated heterocycles. The summed E-state index contributed by atoms with van der Waals surface area (Å²) in [6.45, 7) is 3.23. The Morgan fingerprint density at radius 2 is 1.82 bits per heavy atom. The summed E-state index contributed by atoms with van der Waals surface area (Å²) in [7, 11) is 0. The second kappa shape index (κ2) is 9.21. The lowest BCUT2D eigenvalue weighted by molar-refractivity contribution is -0.123. The standard InChI is InChI=1S/C21H24BrN3O3/c1-14(20(27)23-17-6-4-5-16(22)13-17)25-11-9-15(10-12-25)21(28)24-18-7-2-3-8-19(18)26/h2-8,13-15,26H,9-12H2,1H3,(H,23,27)(H,24,28)/t14-/m0/s1. The molecule has 6 nitrogen and oxygen atoms in total. The van der Waals surface area contributed by atoms with Crippen molar-refractivity contribution >= 4 is 39.1 Å². The van der Waals surface area contributed by atoms with Gasteiger partial charge in [-0.1, -0.05) is 34.1 Å². The van der Waals surface area contributed by atoms with Gasteiger partial charge in [0, 0.05) is 16.1 Å². The molecule has 0 bridgehead atoms. The maximum Gasteiger partial charge on any atom is 0.241 e. The highest BCUT2D eigenvalue weighted by Crippen LogP contribution is 2.25. The van der Waals surface area contributed by atoms with Gasteiger partial charge in [-0.3, -0.25) is 14.5 Å². The van der Waals surface area contributed by atoms with E-state index in [0.717, 1.165) is 10.2 Å². The van der Waals surface area contributed by atoms with E-state index in [-0.39, 0.29) is 29.5 Å². The van der Waals surface area contributed by atoms with Gasteiger partial charge in [-0.2, -0.15) is 0 Å². The van der Waals surface area contributed by atoms with Crippen LogP contribution in [0, 0.1) is 5.92 Å². The van der Waals surface area contributed by atoms with Crippen LogP contribution >= 0.6 is 15.9 Å². The van der Waals surface area contributed by atoms with Crippen LogP contribution in [0.5, 0.6) is 5.75 Å². The number of phenols is 1. The zero-order chi connectivity index (χ0) is 20.1. The van der Waals surface area contributed by atoms with E-state index in [1.807, 2.05) is 31.2 Å². The molecule has 1 aliphatic rings. The monoisotopic (exact) mass is 445 g/mol. The minimum absolute atomic E-state index is 0.0600. The molecule has 2 aromatic carbocycles. The number of likely N-dealkylation sites (tertiary alicyclic amines) is 1. The van der Waals surface area contributed by atoms with E-state index in [9.17, 15) is 14.7 Å². The van der Waals surface area contributed by atoms with Crippen LogP contribution in [-0.4, -0.2) is 41.0 Å². The number of anilines is 2. The molecular formula is C21H24BrN3O3. The zero-order valence-corrected chi connectivity index (χ0v) is 17.3. The van der Waals surface area contributed by atoms with Gasteiger partial charge >= 0.3 is 0 Å². The number of phenolic OH excluding ortho intramolecular Hbond substituents is 1. The Hall–Kier alpha value is -2.38. The van der Waals surface area contributed by atoms with Crippen molar-refractivity contribution in [3.05, 3.63) is 53.0 Å². The van der Waals surface area contributed by atoms with E-state index in [1.165, 1.54) is 0 Å². The first-order valence-electron chi connectivity index (χ1n) is 9.33. The molecule has 0 saturated carbocycles. The fourth-order valence-corrected chi connectivity index (χ4v) is 3.74. The van der Waals surface area contributed by atoms with Crippen LogP contribution in [0.3, 0.4) is 0 Å². The molecule has 3 N–H and O–H groups in total. The minimum Gasteiger partial charge on any atom is -0.506 e. The third kappa shape index (κ3) is 5.11. The van der Waals surface area contributed by atoms with Crippen molar-refractivity contribution in [2.24, 2.45) is 5.92 Å². The molecule has 148 valence electrons. The van der Waals surface area contributed by atoms with E-state index in [0.29, 0.717) is 31.6 Å². The number of hydrogen-bond acceptors (Lipinski definition) is 4. The number of amides is 2. The summed E-state index contributed by atoms with van der Waals surface area (Å²) in [4.78, 5) is 27.1. The quantitative estimate of drug-likeness (QED) is 0.610. The molecule has 3 rings (SSSR count). The number of nitrogens with zero attached hydrogens (tertiary/aromatic N) is 1. The number of halogens is 1. The normalized spacial score (nSPS) is 16.4. The Labute approximate surface area is 173 Å². The minimum atomic E-state index is -0.277. The van der Waals surface area contributed by atoms with Crippen LogP contribution in [0.15, 0.2) is 53.0 Å². The highest BCUT2D eigenvalue weighted by atomic mass is 79.9. The lowest BCUT2D eigenvalue weighted by Crippen LogP contribution is -2.47. The lowest BCUT2D eigenvalue weighted by atomic mass is 9.94. The molecular weight excluding hydrogens is 422 g/mol. The second-order valence-corrected chi connectivity index (χ2v) is 7.91. The molecule has 1 fully saturated rings. The fourth-order valence-electron chi connectivity index (χ4n) is 3.34. The van der Waals surface area contributed by atoms with Crippen molar-refractivity contribution in [2.75, 3.05) is 23.7 Å². The molecule has 28 heavy (non-hydrogen) atoms. The first-order chi connectivity index (χ1) is 13.4. The summed E-state index contributed by atoms with van der Waals surface area (Å²) >= 11 is 3.40. The van der Waals surface area contributed by atoms with Gasteiger partial charge in [0.05, 0.1) is 11.7 Å². The first kappa shape index (κ1) is 20.4. The number of hydrogen-bond donors (Lipinski definition) is 3. The summed E-state index contributed by atoms with van der Waals surface area (Å²) in [5, 5.41) is 15.5. The Bertz CT molecular complexity index is 850. The molecule has 1 aliphatic heterocycles. The van der Waals surface area contributed by atoms with Gasteiger partial charge in [-0.05, 0) is 63.2 Å². The van der Waals surface area contributed by atoms with Crippen LogP contribution in [-0.2, 0) is 9.59 Å². The molecule has 0 unspecified atom stereocenters. The van der Waals surface area contributed by atoms with Crippen molar-refractivity contribution in [3.8, 4) is 5.75 Å². The number of carbonyl (C=O) groups excluding carboxylic acids is 2. The number of aromatic hydroxyl groups is 1. The highest BCUT2D eigenvalue weighted by molar-refractivity contribution is 9.10. The number of rotatable bonds is 5. The fraction of sp³-hybridized carbons (Fsp3) is 0.333. The van der Waals surface area contributed by atoms with Gasteiger partial charge in [0.2, 0.25) is 11.8 Å². The molecule has 1 heterocycles. The maximum atomic E-state index is 12.5. The Balaban J connectivity index is 1.50. The molecule has 2 amide bonds. The van der Waals surface area contributed by atoms with Gasteiger partial charge in [-0.25, -0.2) is 0 Å². The van der Waals surface area contributed by atoms with E-state index >= 15 is 0 Å². The van der Waals surface area contributed by atoms with Crippen molar-refractivity contribution in [1.29, 1.82) is 0 Å². The first-order valence-corrected chi connectivity index (χ1v) is 10.1. The third-order valence-corrected chi connectivity index (χ3v) is 5.57. The second-order valence-electron chi connectivity index (χ2n) is 6.99. The molecule has 2 aromatic rings. The number of nitrogens with one attached hydrogen (secondary N) is 2. The van der Waals surface area contributed by atoms with E-state index < -0.39 is 0 Å². The largest absolute Gasteiger partial charge is 0.506 e. The van der Waals surface area contributed by atoms with Crippen molar-refractivity contribution in [1.82, 2.24) is 4.90 Å². The summed E-state index contributed by atoms with van der Waals surface area (Å²) in [5.74, 6) is -0.218. The van der Waals surface area contributed by atoms with Crippen LogP contribution < -0.4 is 10.6 Å². The summed E-state index contributed by atoms with van der Waals surface area (Å²) in [5.41, 5.74) is 1.18. The van der Waals surface area contributed by atoms with Crippen molar-refractivity contribution in [2.45, 2.75) is 25.8 Å². The average Bonchev–Trinajstić information content (AvgIpc) is 2.69. The lowest BCUT2D eigenvalue weighted by Gasteiger charge is -2.34. The molecule has 0 spiro atoms. The van der Waals surface area contributed by atoms with E-state index in [4.69, 9.17) is 0 Å². The summed E-state index contributed by atoms with van der Waals surface area (Å²) in [6, 6.07) is 13.9. The highest BCUT2D eigenvalue weighted by Gasteiger charge is 2.30. The van der Waals surface area contributed by atoms with E-state index in [1.54, 1.807) is 24.3 Å². The van der Waals surface area contributed by atoms with E-state index in [2.05, 4.69) is 31.5 Å². The Morgan fingerprint density at radius 1 is 1.11 bits per heavy atom. The Kier molecular flexibility index (Phi) is 6.70. The predicted molar refractivity (Wildman–Crippen MR) is 113 cm³/mol. The topological polar surface area (TPSA) is 81.7 Å². The number of benzene rings is 2.